The minimum Gasteiger partial charge on any atom is -0.363 e. The molecular weight excluding hydrogens is 274 g/mol. The normalized spacial score (nSPS) is 12.6. The van der Waals surface area contributed by atoms with Gasteiger partial charge in [0.1, 0.15) is 5.82 Å². The van der Waals surface area contributed by atoms with Crippen LogP contribution < -0.4 is 5.32 Å². The number of nitrogens with zero attached hydrogens (tertiary/aromatic N) is 3. The van der Waals surface area contributed by atoms with Gasteiger partial charge in [-0.3, -0.25) is 5.10 Å². The molecule has 3 rings (SSSR count). The number of hydrogen-bond acceptors (Lipinski definition) is 4. The molecule has 0 amide bonds. The van der Waals surface area contributed by atoms with Crippen molar-refractivity contribution >= 4 is 28.5 Å². The minimum atomic E-state index is 0.111. The van der Waals surface area contributed by atoms with Crippen molar-refractivity contribution in [2.75, 3.05) is 5.32 Å². The molecule has 0 radical (unpaired) electrons. The van der Waals surface area contributed by atoms with Crippen molar-refractivity contribution in [3.63, 3.8) is 0 Å². The molecule has 1 aromatic carbocycles. The molecule has 0 saturated carbocycles. The molecule has 5 nitrogen and oxygen atoms in total. The van der Waals surface area contributed by atoms with Crippen LogP contribution in [0.15, 0.2) is 30.5 Å². The zero-order valence-electron chi connectivity index (χ0n) is 11.2. The second-order valence-electron chi connectivity index (χ2n) is 4.75. The van der Waals surface area contributed by atoms with Crippen LogP contribution in [0.1, 0.15) is 24.1 Å². The van der Waals surface area contributed by atoms with Crippen molar-refractivity contribution in [2.24, 2.45) is 0 Å². The second kappa shape index (κ2) is 5.09. The van der Waals surface area contributed by atoms with E-state index in [4.69, 9.17) is 11.6 Å². The third-order valence-electron chi connectivity index (χ3n) is 3.21. The van der Waals surface area contributed by atoms with Gasteiger partial charge in [0, 0.05) is 6.04 Å². The number of rotatable bonds is 3. The molecule has 0 aliphatic heterocycles. The van der Waals surface area contributed by atoms with E-state index in [2.05, 4.69) is 63.6 Å². The number of fused-ring (bicyclic) bond motifs is 1. The Morgan fingerprint density at radius 3 is 2.70 bits per heavy atom. The molecule has 2 N–H and O–H groups in total. The highest BCUT2D eigenvalue weighted by atomic mass is 35.5. The van der Waals surface area contributed by atoms with Crippen LogP contribution in [0.4, 0.5) is 5.82 Å². The smallest absolute Gasteiger partial charge is 0.226 e. The number of anilines is 1. The third-order valence-corrected chi connectivity index (χ3v) is 3.38. The maximum absolute atomic E-state index is 5.92. The Hall–Kier alpha value is -2.14. The second-order valence-corrected chi connectivity index (χ2v) is 5.09. The number of halogens is 1. The van der Waals surface area contributed by atoms with Crippen LogP contribution in [-0.2, 0) is 0 Å². The quantitative estimate of drug-likeness (QED) is 0.724. The molecule has 1 unspecified atom stereocenters. The van der Waals surface area contributed by atoms with E-state index in [1.54, 1.807) is 6.20 Å². The lowest BCUT2D eigenvalue weighted by Crippen LogP contribution is -2.08. The number of H-pyrrole nitrogens is 1. The molecule has 0 aliphatic rings. The summed E-state index contributed by atoms with van der Waals surface area (Å²) in [5.41, 5.74) is 3.05. The number of aromatic amines is 1. The summed E-state index contributed by atoms with van der Waals surface area (Å²) in [7, 11) is 0. The number of benzene rings is 1. The molecule has 0 aliphatic carbocycles. The van der Waals surface area contributed by atoms with E-state index in [0.29, 0.717) is 11.5 Å². The van der Waals surface area contributed by atoms with E-state index < -0.39 is 0 Å². The fraction of sp³-hybridized carbons (Fsp3) is 0.214. The lowest BCUT2D eigenvalue weighted by atomic mass is 10.1. The summed E-state index contributed by atoms with van der Waals surface area (Å²) in [5.74, 6) is 0.682. The van der Waals surface area contributed by atoms with Crippen molar-refractivity contribution < 1.29 is 0 Å². The Kier molecular flexibility index (Phi) is 3.28. The molecular formula is C14H14ClN5. The SMILES string of the molecule is Cc1ccc(C(C)Nc2nc(Cl)nc3[nH]ncc23)cc1. The van der Waals surface area contributed by atoms with Crippen LogP contribution >= 0.6 is 11.6 Å². The van der Waals surface area contributed by atoms with Crippen molar-refractivity contribution in [3.05, 3.63) is 46.9 Å². The van der Waals surface area contributed by atoms with Crippen LogP contribution in [0.3, 0.4) is 0 Å². The Morgan fingerprint density at radius 2 is 1.95 bits per heavy atom. The maximum atomic E-state index is 5.92. The van der Waals surface area contributed by atoms with Gasteiger partial charge in [0.2, 0.25) is 5.28 Å². The average Bonchev–Trinajstić information content (AvgIpc) is 2.87. The van der Waals surface area contributed by atoms with Gasteiger partial charge in [-0.05, 0) is 31.0 Å². The van der Waals surface area contributed by atoms with E-state index in [9.17, 15) is 0 Å². The van der Waals surface area contributed by atoms with Gasteiger partial charge in [-0.2, -0.15) is 15.1 Å². The van der Waals surface area contributed by atoms with Crippen LogP contribution in [0, 0.1) is 6.92 Å². The van der Waals surface area contributed by atoms with E-state index in [0.717, 1.165) is 5.39 Å². The Balaban J connectivity index is 1.92. The van der Waals surface area contributed by atoms with Crippen LogP contribution in [0.25, 0.3) is 11.0 Å². The molecule has 0 fully saturated rings. The highest BCUT2D eigenvalue weighted by molar-refractivity contribution is 6.28. The fourth-order valence-electron chi connectivity index (χ4n) is 2.06. The average molecular weight is 288 g/mol. The van der Waals surface area contributed by atoms with Gasteiger partial charge in [-0.1, -0.05) is 29.8 Å². The lowest BCUT2D eigenvalue weighted by molar-refractivity contribution is 0.875. The number of nitrogens with one attached hydrogen (secondary N) is 2. The van der Waals surface area contributed by atoms with Crippen molar-refractivity contribution in [2.45, 2.75) is 19.9 Å². The zero-order valence-corrected chi connectivity index (χ0v) is 11.9. The maximum Gasteiger partial charge on any atom is 0.226 e. The minimum absolute atomic E-state index is 0.111. The molecule has 6 heteroatoms. The zero-order chi connectivity index (χ0) is 14.1. The van der Waals surface area contributed by atoms with Crippen molar-refractivity contribution in [3.8, 4) is 0 Å². The highest BCUT2D eigenvalue weighted by Gasteiger charge is 2.12. The highest BCUT2D eigenvalue weighted by Crippen LogP contribution is 2.24. The van der Waals surface area contributed by atoms with Gasteiger partial charge in [-0.25, -0.2) is 0 Å². The third kappa shape index (κ3) is 2.44. The summed E-state index contributed by atoms with van der Waals surface area (Å²) in [6.45, 7) is 4.15. The summed E-state index contributed by atoms with van der Waals surface area (Å²) in [5, 5.41) is 11.1. The summed E-state index contributed by atoms with van der Waals surface area (Å²) in [6, 6.07) is 8.49. The van der Waals surface area contributed by atoms with E-state index in [1.807, 2.05) is 0 Å². The van der Waals surface area contributed by atoms with Crippen molar-refractivity contribution in [1.82, 2.24) is 20.2 Å². The predicted octanol–water partition coefficient (Wildman–Crippen LogP) is 3.49. The number of aryl methyl sites for hydroxylation is 1. The Morgan fingerprint density at radius 1 is 1.20 bits per heavy atom. The van der Waals surface area contributed by atoms with Gasteiger partial charge < -0.3 is 5.32 Å². The van der Waals surface area contributed by atoms with Gasteiger partial charge in [0.15, 0.2) is 5.65 Å². The van der Waals surface area contributed by atoms with E-state index >= 15 is 0 Å². The largest absolute Gasteiger partial charge is 0.363 e. The Bertz CT molecular complexity index is 735. The lowest BCUT2D eigenvalue weighted by Gasteiger charge is -2.15. The molecule has 2 heterocycles. The van der Waals surface area contributed by atoms with Gasteiger partial charge in [0.25, 0.3) is 0 Å². The van der Waals surface area contributed by atoms with Gasteiger partial charge in [-0.15, -0.1) is 0 Å². The first-order chi connectivity index (χ1) is 9.63. The fourth-order valence-corrected chi connectivity index (χ4v) is 2.23. The summed E-state index contributed by atoms with van der Waals surface area (Å²) < 4.78 is 0. The first kappa shape index (κ1) is 12.9. The first-order valence-corrected chi connectivity index (χ1v) is 6.71. The summed E-state index contributed by atoms with van der Waals surface area (Å²) >= 11 is 5.92. The Labute approximate surface area is 121 Å². The van der Waals surface area contributed by atoms with Gasteiger partial charge >= 0.3 is 0 Å². The number of hydrogen-bond donors (Lipinski definition) is 2. The van der Waals surface area contributed by atoms with Gasteiger partial charge in [0.05, 0.1) is 11.6 Å². The molecule has 2 aromatic heterocycles. The topological polar surface area (TPSA) is 66.5 Å². The molecule has 20 heavy (non-hydrogen) atoms. The van der Waals surface area contributed by atoms with E-state index in [1.165, 1.54) is 11.1 Å². The summed E-state index contributed by atoms with van der Waals surface area (Å²) in [4.78, 5) is 8.32. The molecule has 1 atom stereocenters. The molecule has 102 valence electrons. The van der Waals surface area contributed by atoms with Crippen LogP contribution in [-0.4, -0.2) is 20.2 Å². The van der Waals surface area contributed by atoms with E-state index in [-0.39, 0.29) is 11.3 Å². The van der Waals surface area contributed by atoms with Crippen LogP contribution in [0.5, 0.6) is 0 Å². The molecule has 0 spiro atoms. The predicted molar refractivity (Wildman–Crippen MR) is 79.9 cm³/mol. The molecule has 3 aromatic rings. The first-order valence-electron chi connectivity index (χ1n) is 6.33. The monoisotopic (exact) mass is 287 g/mol. The molecule has 0 saturated heterocycles. The molecule has 0 bridgehead atoms. The summed E-state index contributed by atoms with van der Waals surface area (Å²) in [6.07, 6.45) is 1.69. The standard InChI is InChI=1S/C14H14ClN5/c1-8-3-5-10(6-4-8)9(2)17-12-11-7-16-20-13(11)19-14(15)18-12/h3-7,9H,1-2H3,(H2,16,17,18,19,20). The van der Waals surface area contributed by atoms with Crippen LogP contribution in [0.2, 0.25) is 5.28 Å². The number of aromatic nitrogens is 4. The van der Waals surface area contributed by atoms with Crippen molar-refractivity contribution in [1.29, 1.82) is 0 Å².